The Kier molecular flexibility index (Phi) is 6.14. The lowest BCUT2D eigenvalue weighted by Crippen LogP contribution is -2.23. The fourth-order valence-electron chi connectivity index (χ4n) is 0.838. The van der Waals surface area contributed by atoms with E-state index in [1.54, 1.807) is 0 Å². The van der Waals surface area contributed by atoms with Crippen molar-refractivity contribution >= 4 is 10.4 Å². The van der Waals surface area contributed by atoms with E-state index >= 15 is 0 Å². The van der Waals surface area contributed by atoms with Crippen molar-refractivity contribution in [2.75, 3.05) is 6.61 Å². The van der Waals surface area contributed by atoms with Crippen LogP contribution in [-0.2, 0) is 28.2 Å². The average Bonchev–Trinajstić information content (AvgIpc) is 2.50. The highest BCUT2D eigenvalue weighted by Gasteiger charge is 1.98. The molecule has 0 saturated carbocycles. The van der Waals surface area contributed by atoms with Crippen molar-refractivity contribution in [1.29, 1.82) is 0 Å². The van der Waals surface area contributed by atoms with Crippen LogP contribution in [0.3, 0.4) is 0 Å². The van der Waals surface area contributed by atoms with E-state index in [4.69, 9.17) is 4.55 Å². The van der Waals surface area contributed by atoms with Gasteiger partial charge in [0.15, 0.2) is 0 Å². The zero-order valence-corrected chi connectivity index (χ0v) is 9.94. The van der Waals surface area contributed by atoms with E-state index in [0.29, 0.717) is 0 Å². The van der Waals surface area contributed by atoms with E-state index in [0.717, 1.165) is 6.54 Å². The number of aromatic nitrogens is 2. The average molecular weight is 237 g/mol. The summed E-state index contributed by atoms with van der Waals surface area (Å²) in [5.74, 6) is 0. The normalized spacial score (nSPS) is 10.7. The highest BCUT2D eigenvalue weighted by atomic mass is 32.3. The molecule has 0 amide bonds. The lowest BCUT2D eigenvalue weighted by atomic mass is 10.7. The monoisotopic (exact) mass is 237 g/mol. The largest absolute Gasteiger partial charge is 0.397 e. The van der Waals surface area contributed by atoms with Crippen molar-refractivity contribution < 1.29 is 21.7 Å². The molecule has 1 aromatic heterocycles. The molecule has 15 heavy (non-hydrogen) atoms. The summed E-state index contributed by atoms with van der Waals surface area (Å²) in [5.41, 5.74) is 0. The second-order valence-corrected chi connectivity index (χ2v) is 3.83. The molecule has 0 aromatic carbocycles. The minimum Gasteiger partial charge on any atom is -0.264 e. The van der Waals surface area contributed by atoms with Crippen LogP contribution in [0.1, 0.15) is 13.8 Å². The Balaban J connectivity index is 0.000000265. The highest BCUT2D eigenvalue weighted by molar-refractivity contribution is 7.80. The van der Waals surface area contributed by atoms with Gasteiger partial charge in [0, 0.05) is 0 Å². The van der Waals surface area contributed by atoms with E-state index in [2.05, 4.69) is 28.2 Å². The molecule has 1 N–H and O–H groups in total. The Bertz CT molecular complexity index is 372. The molecule has 0 aliphatic heterocycles. The molecule has 1 heterocycles. The SMILES string of the molecule is CCOS(=O)(=O)O.CCn1cc[n+](C)c1. The molecule has 0 spiro atoms. The van der Waals surface area contributed by atoms with E-state index in [-0.39, 0.29) is 6.61 Å². The molecular weight excluding hydrogens is 220 g/mol. The van der Waals surface area contributed by atoms with Crippen LogP contribution in [-0.4, -0.2) is 24.1 Å². The van der Waals surface area contributed by atoms with Gasteiger partial charge >= 0.3 is 10.4 Å². The lowest BCUT2D eigenvalue weighted by molar-refractivity contribution is -0.671. The molecule has 0 atom stereocenters. The van der Waals surface area contributed by atoms with Gasteiger partial charge in [0.2, 0.25) is 6.33 Å². The third-order valence-electron chi connectivity index (χ3n) is 1.46. The van der Waals surface area contributed by atoms with Gasteiger partial charge in [-0.15, -0.1) is 0 Å². The maximum Gasteiger partial charge on any atom is 0.397 e. The van der Waals surface area contributed by atoms with Gasteiger partial charge in [0.1, 0.15) is 12.4 Å². The maximum atomic E-state index is 9.56. The molecule has 7 heteroatoms. The van der Waals surface area contributed by atoms with Crippen molar-refractivity contribution in [2.24, 2.45) is 7.05 Å². The van der Waals surface area contributed by atoms with E-state index in [1.807, 2.05) is 17.8 Å². The number of hydrogen-bond donors (Lipinski definition) is 1. The quantitative estimate of drug-likeness (QED) is 0.600. The first-order valence-electron chi connectivity index (χ1n) is 4.52. The second-order valence-electron chi connectivity index (χ2n) is 2.74. The molecule has 1 aromatic rings. The fourth-order valence-corrected chi connectivity index (χ4v) is 1.14. The Hall–Kier alpha value is -0.920. The van der Waals surface area contributed by atoms with Crippen LogP contribution in [0.2, 0.25) is 0 Å². The summed E-state index contributed by atoms with van der Waals surface area (Å²) in [6.07, 6.45) is 6.14. The van der Waals surface area contributed by atoms with Crippen LogP contribution in [0.15, 0.2) is 18.7 Å². The third-order valence-corrected chi connectivity index (χ3v) is 1.99. The van der Waals surface area contributed by atoms with E-state index in [9.17, 15) is 8.42 Å². The van der Waals surface area contributed by atoms with Crippen LogP contribution >= 0.6 is 0 Å². The van der Waals surface area contributed by atoms with Gasteiger partial charge < -0.3 is 0 Å². The van der Waals surface area contributed by atoms with Gasteiger partial charge in [0.05, 0.1) is 20.2 Å². The van der Waals surface area contributed by atoms with Crippen molar-refractivity contribution in [3.8, 4) is 0 Å². The first-order valence-corrected chi connectivity index (χ1v) is 5.88. The number of hydrogen-bond acceptors (Lipinski definition) is 3. The topological polar surface area (TPSA) is 72.4 Å². The van der Waals surface area contributed by atoms with Gasteiger partial charge in [-0.3, -0.25) is 4.55 Å². The number of imidazole rings is 1. The zero-order chi connectivity index (χ0) is 11.9. The maximum absolute atomic E-state index is 9.56. The van der Waals surface area contributed by atoms with Crippen molar-refractivity contribution in [1.82, 2.24) is 4.57 Å². The molecule has 0 radical (unpaired) electrons. The molecule has 88 valence electrons. The van der Waals surface area contributed by atoms with Crippen molar-refractivity contribution in [2.45, 2.75) is 20.4 Å². The molecule has 0 aliphatic carbocycles. The van der Waals surface area contributed by atoms with Gasteiger partial charge in [-0.1, -0.05) is 0 Å². The van der Waals surface area contributed by atoms with Crippen LogP contribution in [0.5, 0.6) is 0 Å². The Morgan fingerprint density at radius 1 is 1.47 bits per heavy atom. The molecule has 1 rings (SSSR count). The first kappa shape index (κ1) is 14.1. The van der Waals surface area contributed by atoms with Crippen molar-refractivity contribution in [3.05, 3.63) is 18.7 Å². The van der Waals surface area contributed by atoms with Crippen LogP contribution in [0.4, 0.5) is 0 Å². The van der Waals surface area contributed by atoms with Gasteiger partial charge in [-0.25, -0.2) is 13.3 Å². The lowest BCUT2D eigenvalue weighted by Gasteiger charge is -1.88. The van der Waals surface area contributed by atoms with Gasteiger partial charge in [-0.05, 0) is 13.8 Å². The molecular formula is C8H17N2O4S+. The van der Waals surface area contributed by atoms with Crippen LogP contribution in [0.25, 0.3) is 0 Å². The summed E-state index contributed by atoms with van der Waals surface area (Å²) in [6, 6.07) is 0. The van der Waals surface area contributed by atoms with Gasteiger partial charge in [0.25, 0.3) is 0 Å². The summed E-state index contributed by atoms with van der Waals surface area (Å²) in [7, 11) is -2.15. The van der Waals surface area contributed by atoms with Crippen LogP contribution < -0.4 is 4.57 Å². The fraction of sp³-hybridized carbons (Fsp3) is 0.625. The second kappa shape index (κ2) is 6.54. The molecule has 0 bridgehead atoms. The standard InChI is InChI=1S/C6H11N2.C2H6O4S/c1-3-8-5-4-7(2)6-8;1-2-6-7(3,4)5/h4-6H,3H2,1-2H3;2H2,1H3,(H,3,4,5)/q+1;. The smallest absolute Gasteiger partial charge is 0.264 e. The summed E-state index contributed by atoms with van der Waals surface area (Å²) < 4.78 is 34.8. The minimum atomic E-state index is -4.17. The predicted octanol–water partition coefficient (Wildman–Crippen LogP) is 0.158. The molecule has 0 aliphatic rings. The number of aryl methyl sites for hydroxylation is 2. The van der Waals surface area contributed by atoms with Gasteiger partial charge in [-0.2, -0.15) is 8.42 Å². The molecule has 0 unspecified atom stereocenters. The third kappa shape index (κ3) is 8.10. The Morgan fingerprint density at radius 2 is 2.07 bits per heavy atom. The summed E-state index contributed by atoms with van der Waals surface area (Å²) in [5, 5.41) is 0. The van der Waals surface area contributed by atoms with Crippen LogP contribution in [0, 0.1) is 0 Å². The Morgan fingerprint density at radius 3 is 2.20 bits per heavy atom. The number of nitrogens with zero attached hydrogens (tertiary/aromatic N) is 2. The highest BCUT2D eigenvalue weighted by Crippen LogP contribution is 1.81. The first-order chi connectivity index (χ1) is 6.89. The summed E-state index contributed by atoms with van der Waals surface area (Å²) in [6.45, 7) is 4.62. The Labute approximate surface area is 90.1 Å². The van der Waals surface area contributed by atoms with E-state index < -0.39 is 10.4 Å². The summed E-state index contributed by atoms with van der Waals surface area (Å²) >= 11 is 0. The van der Waals surface area contributed by atoms with E-state index in [1.165, 1.54) is 6.92 Å². The predicted molar refractivity (Wildman–Crippen MR) is 54.5 cm³/mol. The molecule has 6 nitrogen and oxygen atoms in total. The summed E-state index contributed by atoms with van der Waals surface area (Å²) in [4.78, 5) is 0. The van der Waals surface area contributed by atoms with Crippen molar-refractivity contribution in [3.63, 3.8) is 0 Å². The number of rotatable bonds is 3. The minimum absolute atomic E-state index is 0.0289. The zero-order valence-electron chi connectivity index (χ0n) is 9.12. The molecule has 0 saturated heterocycles. The molecule has 0 fully saturated rings.